The lowest BCUT2D eigenvalue weighted by molar-refractivity contribution is -0.127. The lowest BCUT2D eigenvalue weighted by Crippen LogP contribution is -2.30. The van der Waals surface area contributed by atoms with Gasteiger partial charge in [-0.05, 0) is 30.5 Å². The van der Waals surface area contributed by atoms with Crippen LogP contribution in [0.25, 0.3) is 11.0 Å². The van der Waals surface area contributed by atoms with Gasteiger partial charge in [0.2, 0.25) is 11.9 Å². The smallest absolute Gasteiger partial charge is 0.226 e. The molecule has 1 saturated heterocycles. The average Bonchev–Trinajstić information content (AvgIpc) is 3.36. The summed E-state index contributed by atoms with van der Waals surface area (Å²) >= 11 is 0. The number of rotatable bonds is 8. The number of aromatic nitrogens is 4. The van der Waals surface area contributed by atoms with Crippen molar-refractivity contribution in [3.63, 3.8) is 0 Å². The van der Waals surface area contributed by atoms with Crippen LogP contribution >= 0.6 is 0 Å². The van der Waals surface area contributed by atoms with Crippen LogP contribution in [0.5, 0.6) is 5.75 Å². The Bertz CT molecular complexity index is 1130. The van der Waals surface area contributed by atoms with Crippen LogP contribution in [0.4, 0.5) is 11.8 Å². The summed E-state index contributed by atoms with van der Waals surface area (Å²) in [4.78, 5) is 25.7. The summed E-state index contributed by atoms with van der Waals surface area (Å²) in [6.45, 7) is 4.00. The van der Waals surface area contributed by atoms with E-state index in [1.54, 1.807) is 7.11 Å². The number of benzene rings is 1. The van der Waals surface area contributed by atoms with Gasteiger partial charge in [0, 0.05) is 52.6 Å². The third-order valence-electron chi connectivity index (χ3n) is 6.25. The Morgan fingerprint density at radius 2 is 1.94 bits per heavy atom. The van der Waals surface area contributed by atoms with Crippen LogP contribution in [0, 0.1) is 0 Å². The molecule has 2 aliphatic rings. The van der Waals surface area contributed by atoms with Gasteiger partial charge in [-0.15, -0.1) is 0 Å². The third kappa shape index (κ3) is 3.94. The van der Waals surface area contributed by atoms with Gasteiger partial charge in [0.1, 0.15) is 11.6 Å². The van der Waals surface area contributed by atoms with Crippen molar-refractivity contribution in [3.8, 4) is 5.75 Å². The van der Waals surface area contributed by atoms with Gasteiger partial charge in [0.15, 0.2) is 5.65 Å². The second-order valence-electron chi connectivity index (χ2n) is 8.42. The molecule has 1 aromatic carbocycles. The Labute approximate surface area is 187 Å². The van der Waals surface area contributed by atoms with Crippen molar-refractivity contribution in [2.75, 3.05) is 43.5 Å². The van der Waals surface area contributed by atoms with Crippen LogP contribution in [0.1, 0.15) is 30.5 Å². The van der Waals surface area contributed by atoms with E-state index in [2.05, 4.69) is 27.4 Å². The molecule has 2 aromatic heterocycles. The Hall–Kier alpha value is -3.36. The number of likely N-dealkylation sites (tertiary alicyclic amines) is 1. The van der Waals surface area contributed by atoms with Gasteiger partial charge >= 0.3 is 0 Å². The van der Waals surface area contributed by atoms with E-state index in [0.717, 1.165) is 80.3 Å². The van der Waals surface area contributed by atoms with Crippen molar-refractivity contribution < 1.29 is 9.53 Å². The zero-order valence-electron chi connectivity index (χ0n) is 18.7. The minimum atomic E-state index is 0.267. The molecule has 9 nitrogen and oxygen atoms in total. The van der Waals surface area contributed by atoms with Crippen LogP contribution in [0.2, 0.25) is 0 Å². The van der Waals surface area contributed by atoms with Crippen molar-refractivity contribution in [2.24, 2.45) is 7.05 Å². The molecule has 0 aliphatic carbocycles. The predicted molar refractivity (Wildman–Crippen MR) is 123 cm³/mol. The molecule has 4 heterocycles. The lowest BCUT2D eigenvalue weighted by atomic mass is 10.1. The van der Waals surface area contributed by atoms with E-state index < -0.39 is 0 Å². The molecule has 9 heteroatoms. The molecule has 1 amide bonds. The molecule has 0 unspecified atom stereocenters. The Morgan fingerprint density at radius 1 is 1.09 bits per heavy atom. The van der Waals surface area contributed by atoms with E-state index >= 15 is 0 Å². The number of hydrogen-bond donors (Lipinski definition) is 1. The Kier molecular flexibility index (Phi) is 5.55. The van der Waals surface area contributed by atoms with Crippen LogP contribution in [-0.2, 0) is 24.8 Å². The molecule has 5 rings (SSSR count). The lowest BCUT2D eigenvalue weighted by Gasteiger charge is -2.28. The molecule has 0 atom stereocenters. The molecule has 32 heavy (non-hydrogen) atoms. The molecule has 0 bridgehead atoms. The second kappa shape index (κ2) is 8.64. The summed E-state index contributed by atoms with van der Waals surface area (Å²) in [5, 5.41) is 9.09. The summed E-state index contributed by atoms with van der Waals surface area (Å²) in [5.74, 6) is 2.66. The highest BCUT2D eigenvalue weighted by atomic mass is 16.5. The zero-order valence-corrected chi connectivity index (χ0v) is 18.7. The first-order valence-corrected chi connectivity index (χ1v) is 11.3. The fraction of sp³-hybridized carbons (Fsp3) is 0.478. The van der Waals surface area contributed by atoms with Crippen molar-refractivity contribution in [2.45, 2.75) is 32.2 Å². The largest absolute Gasteiger partial charge is 0.497 e. The van der Waals surface area contributed by atoms with Gasteiger partial charge in [-0.1, -0.05) is 12.1 Å². The number of anilines is 2. The van der Waals surface area contributed by atoms with E-state index in [-0.39, 0.29) is 5.91 Å². The molecule has 3 aromatic rings. The van der Waals surface area contributed by atoms with Gasteiger partial charge in [-0.3, -0.25) is 4.79 Å². The quantitative estimate of drug-likeness (QED) is 0.544. The van der Waals surface area contributed by atoms with E-state index in [1.807, 2.05) is 28.8 Å². The first-order chi connectivity index (χ1) is 15.6. The van der Waals surface area contributed by atoms with Gasteiger partial charge in [0.05, 0.1) is 18.2 Å². The second-order valence-corrected chi connectivity index (χ2v) is 8.42. The van der Waals surface area contributed by atoms with Gasteiger partial charge < -0.3 is 19.9 Å². The summed E-state index contributed by atoms with van der Waals surface area (Å²) < 4.78 is 7.13. The Morgan fingerprint density at radius 3 is 2.69 bits per heavy atom. The molecule has 168 valence electrons. The number of aryl methyl sites for hydroxylation is 1. The van der Waals surface area contributed by atoms with Crippen molar-refractivity contribution >= 4 is 28.7 Å². The van der Waals surface area contributed by atoms with E-state index in [9.17, 15) is 4.79 Å². The molecule has 0 radical (unpaired) electrons. The van der Waals surface area contributed by atoms with Crippen LogP contribution in [-0.4, -0.2) is 63.8 Å². The SMILES string of the molecule is COc1ccc(CN2CCc3nn(C)c4nc(NCCCN5CCCC5=O)nc2c34)cc1. The third-order valence-corrected chi connectivity index (χ3v) is 6.25. The van der Waals surface area contributed by atoms with Crippen molar-refractivity contribution in [1.29, 1.82) is 0 Å². The fourth-order valence-electron chi connectivity index (χ4n) is 4.55. The molecule has 0 saturated carbocycles. The van der Waals surface area contributed by atoms with Crippen LogP contribution in [0.15, 0.2) is 24.3 Å². The minimum absolute atomic E-state index is 0.267. The maximum absolute atomic E-state index is 11.8. The van der Waals surface area contributed by atoms with Crippen LogP contribution < -0.4 is 15.0 Å². The highest BCUT2D eigenvalue weighted by Gasteiger charge is 2.26. The number of hydrogen-bond acceptors (Lipinski definition) is 7. The minimum Gasteiger partial charge on any atom is -0.497 e. The van der Waals surface area contributed by atoms with Gasteiger partial charge in [-0.25, -0.2) is 4.68 Å². The summed E-state index contributed by atoms with van der Waals surface area (Å²) in [6.07, 6.45) is 3.40. The van der Waals surface area contributed by atoms with E-state index in [1.165, 1.54) is 5.56 Å². The molecular weight excluding hydrogens is 406 g/mol. The van der Waals surface area contributed by atoms with Crippen molar-refractivity contribution in [1.82, 2.24) is 24.6 Å². The summed E-state index contributed by atoms with van der Waals surface area (Å²) in [6, 6.07) is 8.16. The highest BCUT2D eigenvalue weighted by molar-refractivity contribution is 5.92. The molecule has 1 fully saturated rings. The normalized spacial score (nSPS) is 15.6. The maximum atomic E-state index is 11.8. The highest BCUT2D eigenvalue weighted by Crippen LogP contribution is 2.33. The topological polar surface area (TPSA) is 88.4 Å². The van der Waals surface area contributed by atoms with E-state index in [4.69, 9.17) is 14.7 Å². The molecule has 1 N–H and O–H groups in total. The zero-order chi connectivity index (χ0) is 22.1. The number of nitrogens with zero attached hydrogens (tertiary/aromatic N) is 6. The monoisotopic (exact) mass is 435 g/mol. The number of amides is 1. The fourth-order valence-corrected chi connectivity index (χ4v) is 4.55. The molecule has 2 aliphatic heterocycles. The standard InChI is InChI=1S/C23H29N7O2/c1-28-21-20-18(27-28)10-14-30(15-16-6-8-17(32-2)9-7-16)22(20)26-23(25-21)24-11-4-13-29-12-3-5-19(29)31/h6-9H,3-5,10-15H2,1-2H3,(H,24,25,26). The number of carbonyl (C=O) groups is 1. The van der Waals surface area contributed by atoms with Gasteiger partial charge in [-0.2, -0.15) is 15.1 Å². The summed E-state index contributed by atoms with van der Waals surface area (Å²) in [7, 11) is 3.61. The predicted octanol–water partition coefficient (Wildman–Crippen LogP) is 2.36. The first kappa shape index (κ1) is 20.5. The Balaban J connectivity index is 1.34. The van der Waals surface area contributed by atoms with E-state index in [0.29, 0.717) is 12.4 Å². The summed E-state index contributed by atoms with van der Waals surface area (Å²) in [5.41, 5.74) is 3.11. The molecule has 0 spiro atoms. The maximum Gasteiger partial charge on any atom is 0.226 e. The molecular formula is C23H29N7O2. The van der Waals surface area contributed by atoms with Gasteiger partial charge in [0.25, 0.3) is 0 Å². The number of ether oxygens (including phenoxy) is 1. The average molecular weight is 436 g/mol. The number of carbonyl (C=O) groups excluding carboxylic acids is 1. The first-order valence-electron chi connectivity index (χ1n) is 11.3. The number of methoxy groups -OCH3 is 1. The number of nitrogens with one attached hydrogen (secondary N) is 1. The van der Waals surface area contributed by atoms with Crippen molar-refractivity contribution in [3.05, 3.63) is 35.5 Å². The van der Waals surface area contributed by atoms with Crippen LogP contribution in [0.3, 0.4) is 0 Å².